The highest BCUT2D eigenvalue weighted by Gasteiger charge is 2.47. The fourth-order valence-corrected chi connectivity index (χ4v) is 4.75. The number of nitrogens with one attached hydrogen (secondary N) is 2. The third-order valence-electron chi connectivity index (χ3n) is 4.76. The number of amides is 1. The normalized spacial score (nSPS) is 18.6. The van der Waals surface area contributed by atoms with Gasteiger partial charge in [0.05, 0.1) is 10.5 Å². The Hall–Kier alpha value is -2.04. The number of alkyl halides is 3. The van der Waals surface area contributed by atoms with Crippen molar-refractivity contribution in [3.63, 3.8) is 0 Å². The van der Waals surface area contributed by atoms with E-state index in [0.29, 0.717) is 5.02 Å². The molecule has 0 spiro atoms. The molecule has 0 bridgehead atoms. The van der Waals surface area contributed by atoms with Gasteiger partial charge in [-0.15, -0.1) is 11.3 Å². The van der Waals surface area contributed by atoms with Crippen LogP contribution in [0.4, 0.5) is 19.0 Å². The third-order valence-corrected chi connectivity index (χ3v) is 6.75. The summed E-state index contributed by atoms with van der Waals surface area (Å²) in [5, 5.41) is 12.2. The maximum Gasteiger partial charge on any atom is 0.410 e. The van der Waals surface area contributed by atoms with Crippen LogP contribution in [0.3, 0.4) is 0 Å². The zero-order chi connectivity index (χ0) is 21.5. The van der Waals surface area contributed by atoms with E-state index in [1.807, 2.05) is 5.38 Å². The van der Waals surface area contributed by atoms with Gasteiger partial charge < -0.3 is 10.6 Å². The van der Waals surface area contributed by atoms with E-state index in [2.05, 4.69) is 31.7 Å². The van der Waals surface area contributed by atoms with Gasteiger partial charge in [-0.25, -0.2) is 4.68 Å². The van der Waals surface area contributed by atoms with Gasteiger partial charge in [-0.3, -0.25) is 4.79 Å². The van der Waals surface area contributed by atoms with Crippen LogP contribution in [0.5, 0.6) is 0 Å². The maximum atomic E-state index is 13.8. The molecule has 3 heterocycles. The van der Waals surface area contributed by atoms with E-state index in [1.165, 1.54) is 11.3 Å². The minimum atomic E-state index is -4.51. The topological polar surface area (TPSA) is 59.0 Å². The second kappa shape index (κ2) is 8.24. The lowest BCUT2D eigenvalue weighted by molar-refractivity contribution is -0.173. The monoisotopic (exact) mass is 518 g/mol. The minimum absolute atomic E-state index is 0.104. The molecule has 1 amide bonds. The van der Waals surface area contributed by atoms with E-state index in [-0.39, 0.29) is 29.0 Å². The Morgan fingerprint density at radius 3 is 2.70 bits per heavy atom. The third kappa shape index (κ3) is 4.21. The van der Waals surface area contributed by atoms with E-state index >= 15 is 0 Å². The molecule has 5 nitrogen and oxygen atoms in total. The Balaban J connectivity index is 1.61. The number of thiophene rings is 1. The van der Waals surface area contributed by atoms with E-state index in [9.17, 15) is 18.0 Å². The molecule has 0 fully saturated rings. The van der Waals surface area contributed by atoms with Crippen LogP contribution in [-0.4, -0.2) is 21.9 Å². The first kappa shape index (κ1) is 21.2. The van der Waals surface area contributed by atoms with Gasteiger partial charge in [0.2, 0.25) is 0 Å². The highest BCUT2D eigenvalue weighted by atomic mass is 79.9. The Bertz CT molecular complexity index is 1050. The van der Waals surface area contributed by atoms with Crippen LogP contribution in [0.2, 0.25) is 5.02 Å². The fourth-order valence-electron chi connectivity index (χ4n) is 3.28. The lowest BCUT2D eigenvalue weighted by Gasteiger charge is -2.33. The Kier molecular flexibility index (Phi) is 5.82. The van der Waals surface area contributed by atoms with Crippen molar-refractivity contribution >= 4 is 50.6 Å². The van der Waals surface area contributed by atoms with Gasteiger partial charge in [0, 0.05) is 22.9 Å². The predicted molar refractivity (Wildman–Crippen MR) is 113 cm³/mol. The van der Waals surface area contributed by atoms with Crippen molar-refractivity contribution in [2.45, 2.75) is 31.2 Å². The van der Waals surface area contributed by atoms with E-state index in [1.54, 1.807) is 36.4 Å². The van der Waals surface area contributed by atoms with Crippen LogP contribution in [0, 0.1) is 0 Å². The molecule has 2 aromatic heterocycles. The van der Waals surface area contributed by atoms with E-state index in [0.717, 1.165) is 15.1 Å². The van der Waals surface area contributed by atoms with Crippen LogP contribution in [0.15, 0.2) is 46.3 Å². The zero-order valence-corrected chi connectivity index (χ0v) is 18.4. The molecular formula is C19H15BrClF3N4OS. The fraction of sp³-hybridized carbons (Fsp3) is 0.263. The molecular weight excluding hydrogens is 505 g/mol. The molecule has 0 saturated carbocycles. The molecule has 158 valence electrons. The van der Waals surface area contributed by atoms with Crippen LogP contribution < -0.4 is 10.6 Å². The first-order valence-electron chi connectivity index (χ1n) is 8.91. The lowest BCUT2D eigenvalue weighted by atomic mass is 10.0. The number of carbonyl (C=O) groups is 1. The van der Waals surface area contributed by atoms with Crippen molar-refractivity contribution in [3.05, 3.63) is 67.4 Å². The highest BCUT2D eigenvalue weighted by molar-refractivity contribution is 9.10. The smallest absolute Gasteiger partial charge is 0.362 e. The molecule has 11 heteroatoms. The number of hydrogen-bond acceptors (Lipinski definition) is 4. The summed E-state index contributed by atoms with van der Waals surface area (Å²) in [7, 11) is 0. The molecule has 1 aliphatic heterocycles. The Morgan fingerprint density at radius 1 is 1.33 bits per heavy atom. The summed E-state index contributed by atoms with van der Waals surface area (Å²) in [6, 6.07) is 8.10. The molecule has 4 rings (SSSR count). The van der Waals surface area contributed by atoms with Crippen molar-refractivity contribution in [3.8, 4) is 0 Å². The number of hydrogen-bond donors (Lipinski definition) is 2. The van der Waals surface area contributed by atoms with Gasteiger partial charge in [0.1, 0.15) is 5.82 Å². The molecule has 3 aromatic rings. The van der Waals surface area contributed by atoms with Crippen molar-refractivity contribution < 1.29 is 18.0 Å². The number of anilines is 1. The molecule has 30 heavy (non-hydrogen) atoms. The molecule has 1 aromatic carbocycles. The molecule has 0 radical (unpaired) electrons. The molecule has 0 aliphatic carbocycles. The summed E-state index contributed by atoms with van der Waals surface area (Å²) >= 11 is 10.5. The predicted octanol–water partition coefficient (Wildman–Crippen LogP) is 5.95. The first-order chi connectivity index (χ1) is 14.2. The van der Waals surface area contributed by atoms with Crippen molar-refractivity contribution in [1.29, 1.82) is 0 Å². The number of rotatable bonds is 4. The number of benzene rings is 1. The van der Waals surface area contributed by atoms with Crippen molar-refractivity contribution in [2.75, 3.05) is 5.32 Å². The quantitative estimate of drug-likeness (QED) is 0.448. The van der Waals surface area contributed by atoms with Gasteiger partial charge in [-0.1, -0.05) is 29.8 Å². The van der Waals surface area contributed by atoms with Crippen LogP contribution >= 0.6 is 38.9 Å². The van der Waals surface area contributed by atoms with Gasteiger partial charge in [-0.2, -0.15) is 18.3 Å². The van der Waals surface area contributed by atoms with Crippen LogP contribution in [0.1, 0.15) is 39.4 Å². The minimum Gasteiger partial charge on any atom is -0.362 e. The van der Waals surface area contributed by atoms with E-state index in [4.69, 9.17) is 11.6 Å². The maximum absolute atomic E-state index is 13.8. The Labute approximate surface area is 187 Å². The average molecular weight is 520 g/mol. The second-order valence-corrected chi connectivity index (χ2v) is 8.98. The van der Waals surface area contributed by atoms with Crippen LogP contribution in [0.25, 0.3) is 0 Å². The summed E-state index contributed by atoms with van der Waals surface area (Å²) in [4.78, 5) is 13.4. The first-order valence-corrected chi connectivity index (χ1v) is 11.0. The largest absolute Gasteiger partial charge is 0.410 e. The number of halogens is 5. The molecule has 2 N–H and O–H groups in total. The van der Waals surface area contributed by atoms with Crippen molar-refractivity contribution in [2.24, 2.45) is 0 Å². The standard InChI is InChI=1S/C19H15BrClF3N4OS/c20-15-16(18(29)25-9-10-3-5-11(21)6-4-10)27-28-14(19(22,23)24)8-12(26-17(15)28)13-2-1-7-30-13/h1-7,12,14,26H,8-9H2,(H,25,29)/t12-,14+/m1/s1. The van der Waals surface area contributed by atoms with E-state index < -0.39 is 24.2 Å². The summed E-state index contributed by atoms with van der Waals surface area (Å²) in [5.74, 6) is -0.437. The number of aromatic nitrogens is 2. The summed E-state index contributed by atoms with van der Waals surface area (Å²) in [6.45, 7) is 0.193. The Morgan fingerprint density at radius 2 is 2.07 bits per heavy atom. The van der Waals surface area contributed by atoms with Gasteiger partial charge in [0.25, 0.3) is 5.91 Å². The SMILES string of the molecule is O=C(NCc1ccc(Cl)cc1)c1nn2c(c1Br)N[C@@H](c1cccs1)C[C@H]2C(F)(F)F. The lowest BCUT2D eigenvalue weighted by Crippen LogP contribution is -2.35. The summed E-state index contributed by atoms with van der Waals surface area (Å²) in [5.41, 5.74) is 0.699. The van der Waals surface area contributed by atoms with Crippen LogP contribution in [-0.2, 0) is 6.54 Å². The number of carbonyl (C=O) groups excluding carboxylic acids is 1. The average Bonchev–Trinajstić information content (AvgIpc) is 3.34. The summed E-state index contributed by atoms with van der Waals surface area (Å²) < 4.78 is 42.4. The molecule has 2 atom stereocenters. The van der Waals surface area contributed by atoms with Gasteiger partial charge >= 0.3 is 6.18 Å². The van der Waals surface area contributed by atoms with Crippen molar-refractivity contribution in [1.82, 2.24) is 15.1 Å². The molecule has 1 aliphatic rings. The number of nitrogens with zero attached hydrogens (tertiary/aromatic N) is 2. The van der Waals surface area contributed by atoms with Gasteiger partial charge in [0.15, 0.2) is 11.7 Å². The zero-order valence-electron chi connectivity index (χ0n) is 15.2. The molecule has 0 unspecified atom stereocenters. The van der Waals surface area contributed by atoms with Gasteiger partial charge in [-0.05, 0) is 45.1 Å². The summed E-state index contributed by atoms with van der Waals surface area (Å²) in [6.07, 6.45) is -4.72. The second-order valence-electron chi connectivity index (χ2n) is 6.77. The number of fused-ring (bicyclic) bond motifs is 1. The molecule has 0 saturated heterocycles. The highest BCUT2D eigenvalue weighted by Crippen LogP contribution is 2.46.